The van der Waals surface area contributed by atoms with E-state index in [4.69, 9.17) is 4.42 Å². The quantitative estimate of drug-likeness (QED) is 0.578. The largest absolute Gasteiger partial charge is 0.416 e. The second-order valence-electron chi connectivity index (χ2n) is 7.65. The van der Waals surface area contributed by atoms with Crippen LogP contribution in [0, 0.1) is 0 Å². The maximum atomic E-state index is 13.0. The second-order valence-corrected chi connectivity index (χ2v) is 8.95. The van der Waals surface area contributed by atoms with Crippen molar-refractivity contribution in [1.82, 2.24) is 15.1 Å². The molecule has 1 aromatic heterocycles. The number of hydrogen-bond acceptors (Lipinski definition) is 5. The third-order valence-electron chi connectivity index (χ3n) is 5.56. The fourth-order valence-corrected chi connectivity index (χ4v) is 4.72. The molecule has 0 aliphatic heterocycles. The number of aromatic nitrogens is 2. The molecule has 0 N–H and O–H groups in total. The van der Waals surface area contributed by atoms with Crippen molar-refractivity contribution < 1.29 is 9.21 Å². The lowest BCUT2D eigenvalue weighted by Crippen LogP contribution is -2.44. The summed E-state index contributed by atoms with van der Waals surface area (Å²) in [5.74, 6) is 1.11. The summed E-state index contributed by atoms with van der Waals surface area (Å²) in [4.78, 5) is 15.0. The van der Waals surface area contributed by atoms with Crippen LogP contribution in [0.2, 0.25) is 0 Å². The normalized spacial score (nSPS) is 17.2. The lowest BCUT2D eigenvalue weighted by Gasteiger charge is -2.34. The smallest absolute Gasteiger partial charge is 0.277 e. The Morgan fingerprint density at radius 1 is 1.18 bits per heavy atom. The Morgan fingerprint density at radius 2 is 1.89 bits per heavy atom. The first kappa shape index (κ1) is 20.9. The molecule has 152 valence electrons. The summed E-state index contributed by atoms with van der Waals surface area (Å²) in [6.45, 7) is 6.93. The first-order valence-corrected chi connectivity index (χ1v) is 11.3. The number of rotatable bonds is 8. The van der Waals surface area contributed by atoms with Gasteiger partial charge in [-0.3, -0.25) is 4.79 Å². The van der Waals surface area contributed by atoms with E-state index in [1.54, 1.807) is 0 Å². The molecule has 0 spiro atoms. The molecule has 28 heavy (non-hydrogen) atoms. The van der Waals surface area contributed by atoms with Gasteiger partial charge in [-0.15, -0.1) is 10.2 Å². The topological polar surface area (TPSA) is 59.2 Å². The zero-order chi connectivity index (χ0) is 19.9. The van der Waals surface area contributed by atoms with Crippen LogP contribution in [-0.4, -0.2) is 38.8 Å². The number of carbonyl (C=O) groups is 1. The first-order valence-electron chi connectivity index (χ1n) is 10.4. The average molecular weight is 402 g/mol. The van der Waals surface area contributed by atoms with Gasteiger partial charge in [-0.25, -0.2) is 0 Å². The molecular weight excluding hydrogens is 370 g/mol. The van der Waals surface area contributed by atoms with Crippen LogP contribution in [0.15, 0.2) is 40.0 Å². The number of thioether (sulfide) groups is 1. The van der Waals surface area contributed by atoms with Gasteiger partial charge < -0.3 is 9.32 Å². The van der Waals surface area contributed by atoms with Crippen molar-refractivity contribution in [3.63, 3.8) is 0 Å². The summed E-state index contributed by atoms with van der Waals surface area (Å²) in [7, 11) is 0. The summed E-state index contributed by atoms with van der Waals surface area (Å²) >= 11 is 1.37. The lowest BCUT2D eigenvalue weighted by molar-refractivity contribution is -0.133. The second kappa shape index (κ2) is 10.1. The number of nitrogens with zero attached hydrogens (tertiary/aromatic N) is 3. The summed E-state index contributed by atoms with van der Waals surface area (Å²) in [6.07, 6.45) is 6.69. The van der Waals surface area contributed by atoms with Crippen molar-refractivity contribution in [3.8, 4) is 0 Å². The van der Waals surface area contributed by atoms with Crippen LogP contribution in [0.3, 0.4) is 0 Å². The average Bonchev–Trinajstić information content (AvgIpc) is 3.16. The monoisotopic (exact) mass is 401 g/mol. The SMILES string of the molecule is CCN(C(=O)C(C)Sc1nnc(CC(C)c2ccccc2)o1)C1CCCCC1. The Morgan fingerprint density at radius 3 is 2.57 bits per heavy atom. The minimum Gasteiger partial charge on any atom is -0.416 e. The van der Waals surface area contributed by atoms with Gasteiger partial charge >= 0.3 is 0 Å². The Kier molecular flexibility index (Phi) is 7.54. The van der Waals surface area contributed by atoms with Gasteiger partial charge in [-0.1, -0.05) is 68.3 Å². The fraction of sp³-hybridized carbons (Fsp3) is 0.591. The van der Waals surface area contributed by atoms with E-state index in [9.17, 15) is 4.79 Å². The molecule has 1 saturated carbocycles. The minimum absolute atomic E-state index is 0.178. The molecule has 1 aromatic carbocycles. The van der Waals surface area contributed by atoms with Gasteiger partial charge in [0.25, 0.3) is 5.22 Å². The first-order chi connectivity index (χ1) is 13.6. The van der Waals surface area contributed by atoms with Crippen LogP contribution < -0.4 is 0 Å². The number of benzene rings is 1. The van der Waals surface area contributed by atoms with Crippen molar-refractivity contribution in [2.45, 2.75) is 81.7 Å². The van der Waals surface area contributed by atoms with E-state index in [-0.39, 0.29) is 11.2 Å². The third-order valence-corrected chi connectivity index (χ3v) is 6.48. The maximum absolute atomic E-state index is 13.0. The van der Waals surface area contributed by atoms with Gasteiger partial charge in [0.2, 0.25) is 11.8 Å². The molecule has 1 aliphatic rings. The maximum Gasteiger partial charge on any atom is 0.277 e. The molecule has 0 radical (unpaired) electrons. The summed E-state index contributed by atoms with van der Waals surface area (Å²) in [6, 6.07) is 10.7. The van der Waals surface area contributed by atoms with Crippen LogP contribution >= 0.6 is 11.8 Å². The Hall–Kier alpha value is -1.82. The highest BCUT2D eigenvalue weighted by molar-refractivity contribution is 8.00. The molecule has 2 aromatic rings. The van der Waals surface area contributed by atoms with Gasteiger partial charge in [0.1, 0.15) is 0 Å². The molecule has 1 aliphatic carbocycles. The number of carbonyl (C=O) groups excluding carboxylic acids is 1. The number of amides is 1. The zero-order valence-electron chi connectivity index (χ0n) is 17.1. The van der Waals surface area contributed by atoms with Gasteiger partial charge in [0.15, 0.2) is 0 Å². The van der Waals surface area contributed by atoms with Crippen LogP contribution in [0.1, 0.15) is 70.2 Å². The van der Waals surface area contributed by atoms with E-state index in [2.05, 4.69) is 36.2 Å². The van der Waals surface area contributed by atoms with Crippen LogP contribution in [-0.2, 0) is 11.2 Å². The van der Waals surface area contributed by atoms with Crippen molar-refractivity contribution in [2.75, 3.05) is 6.54 Å². The Labute approximate surface area is 172 Å². The van der Waals surface area contributed by atoms with Gasteiger partial charge in [-0.2, -0.15) is 0 Å². The Balaban J connectivity index is 1.56. The van der Waals surface area contributed by atoms with E-state index in [0.29, 0.717) is 29.5 Å². The van der Waals surface area contributed by atoms with E-state index < -0.39 is 0 Å². The van der Waals surface area contributed by atoms with Crippen molar-refractivity contribution >= 4 is 17.7 Å². The van der Waals surface area contributed by atoms with E-state index in [1.165, 1.54) is 36.6 Å². The van der Waals surface area contributed by atoms with Crippen LogP contribution in [0.5, 0.6) is 0 Å². The molecule has 0 saturated heterocycles. The van der Waals surface area contributed by atoms with Crippen molar-refractivity contribution in [3.05, 3.63) is 41.8 Å². The van der Waals surface area contributed by atoms with Crippen LogP contribution in [0.25, 0.3) is 0 Å². The molecule has 3 rings (SSSR count). The van der Waals surface area contributed by atoms with E-state index >= 15 is 0 Å². The summed E-state index contributed by atoms with van der Waals surface area (Å²) in [5.41, 5.74) is 1.25. The molecule has 0 bridgehead atoms. The summed E-state index contributed by atoms with van der Waals surface area (Å²) < 4.78 is 5.83. The predicted octanol–water partition coefficient (Wildman–Crippen LogP) is 5.08. The van der Waals surface area contributed by atoms with Gasteiger partial charge in [-0.05, 0) is 38.2 Å². The molecule has 6 heteroatoms. The Bertz CT molecular complexity index is 743. The molecule has 1 fully saturated rings. The molecule has 1 heterocycles. The van der Waals surface area contributed by atoms with Gasteiger partial charge in [0.05, 0.1) is 5.25 Å². The third kappa shape index (κ3) is 5.37. The molecule has 2 unspecified atom stereocenters. The van der Waals surface area contributed by atoms with E-state index in [1.807, 2.05) is 30.0 Å². The highest BCUT2D eigenvalue weighted by Gasteiger charge is 2.29. The van der Waals surface area contributed by atoms with Crippen molar-refractivity contribution in [2.24, 2.45) is 0 Å². The molecular formula is C22H31N3O2S. The standard InChI is InChI=1S/C22H31N3O2S/c1-4-25(19-13-9-6-10-14-19)21(26)17(3)28-22-24-23-20(27-22)15-16(2)18-11-7-5-8-12-18/h5,7-8,11-12,16-17,19H,4,6,9-10,13-15H2,1-3H3. The highest BCUT2D eigenvalue weighted by atomic mass is 32.2. The van der Waals surface area contributed by atoms with Crippen LogP contribution in [0.4, 0.5) is 0 Å². The number of hydrogen-bond donors (Lipinski definition) is 0. The molecule has 2 atom stereocenters. The highest BCUT2D eigenvalue weighted by Crippen LogP contribution is 2.28. The molecule has 5 nitrogen and oxygen atoms in total. The zero-order valence-corrected chi connectivity index (χ0v) is 18.0. The summed E-state index contributed by atoms with van der Waals surface area (Å²) in [5, 5.41) is 8.61. The van der Waals surface area contributed by atoms with Gasteiger partial charge in [0, 0.05) is 19.0 Å². The fourth-order valence-electron chi connectivity index (χ4n) is 3.95. The predicted molar refractivity (Wildman–Crippen MR) is 112 cm³/mol. The molecule has 1 amide bonds. The van der Waals surface area contributed by atoms with E-state index in [0.717, 1.165) is 19.4 Å². The van der Waals surface area contributed by atoms with Crippen molar-refractivity contribution in [1.29, 1.82) is 0 Å². The lowest BCUT2D eigenvalue weighted by atomic mass is 9.94. The minimum atomic E-state index is -0.221.